The maximum Gasteiger partial charge on any atom is 0.321 e. The SMILES string of the molecule is O=C(O)[C@@H](Cc1ccccc1)NCc1ccc(F)cc1F. The van der Waals surface area contributed by atoms with Crippen LogP contribution in [0.5, 0.6) is 0 Å². The second-order valence-corrected chi connectivity index (χ2v) is 4.70. The molecule has 2 rings (SSSR count). The van der Waals surface area contributed by atoms with Crippen LogP contribution >= 0.6 is 0 Å². The molecule has 0 radical (unpaired) electrons. The number of benzene rings is 2. The molecule has 0 fully saturated rings. The number of nitrogens with one attached hydrogen (secondary N) is 1. The first-order valence-corrected chi connectivity index (χ1v) is 6.50. The van der Waals surface area contributed by atoms with Crippen LogP contribution in [0.25, 0.3) is 0 Å². The van der Waals surface area contributed by atoms with Gasteiger partial charge in [0.2, 0.25) is 0 Å². The molecule has 0 aliphatic carbocycles. The quantitative estimate of drug-likeness (QED) is 0.860. The average molecular weight is 291 g/mol. The average Bonchev–Trinajstić information content (AvgIpc) is 2.46. The van der Waals surface area contributed by atoms with E-state index in [-0.39, 0.29) is 12.1 Å². The monoisotopic (exact) mass is 291 g/mol. The molecule has 110 valence electrons. The van der Waals surface area contributed by atoms with Gasteiger partial charge in [-0.15, -0.1) is 0 Å². The predicted molar refractivity (Wildman–Crippen MR) is 74.8 cm³/mol. The van der Waals surface area contributed by atoms with Crippen molar-refractivity contribution in [3.63, 3.8) is 0 Å². The highest BCUT2D eigenvalue weighted by molar-refractivity contribution is 5.73. The normalized spacial score (nSPS) is 12.1. The first-order chi connectivity index (χ1) is 10.1. The summed E-state index contributed by atoms with van der Waals surface area (Å²) in [5.74, 6) is -2.36. The molecule has 21 heavy (non-hydrogen) atoms. The van der Waals surface area contributed by atoms with Gasteiger partial charge in [0.15, 0.2) is 0 Å². The van der Waals surface area contributed by atoms with Crippen LogP contribution in [-0.2, 0) is 17.8 Å². The van der Waals surface area contributed by atoms with Gasteiger partial charge >= 0.3 is 5.97 Å². The molecular formula is C16H15F2NO2. The molecule has 0 amide bonds. The number of hydrogen-bond acceptors (Lipinski definition) is 2. The molecule has 0 saturated carbocycles. The number of halogens is 2. The highest BCUT2D eigenvalue weighted by Crippen LogP contribution is 2.10. The van der Waals surface area contributed by atoms with E-state index >= 15 is 0 Å². The van der Waals surface area contributed by atoms with Gasteiger partial charge in [-0.25, -0.2) is 8.78 Å². The fourth-order valence-corrected chi connectivity index (χ4v) is 1.99. The van der Waals surface area contributed by atoms with Crippen LogP contribution in [0.15, 0.2) is 48.5 Å². The summed E-state index contributed by atoms with van der Waals surface area (Å²) < 4.78 is 26.3. The van der Waals surface area contributed by atoms with E-state index in [9.17, 15) is 18.7 Å². The molecule has 3 nitrogen and oxygen atoms in total. The minimum absolute atomic E-state index is 0.0237. The standard InChI is InChI=1S/C16H15F2NO2/c17-13-7-6-12(14(18)9-13)10-19-15(16(20)21)8-11-4-2-1-3-5-11/h1-7,9,15,19H,8,10H2,(H,20,21)/t15-/m1/s1. The maximum absolute atomic E-state index is 13.5. The molecule has 0 aliphatic rings. The van der Waals surface area contributed by atoms with Crippen molar-refractivity contribution in [1.82, 2.24) is 5.32 Å². The van der Waals surface area contributed by atoms with E-state index in [0.29, 0.717) is 6.42 Å². The van der Waals surface area contributed by atoms with Gasteiger partial charge in [0.25, 0.3) is 0 Å². The molecule has 1 atom stereocenters. The van der Waals surface area contributed by atoms with Crippen LogP contribution in [0.1, 0.15) is 11.1 Å². The number of carbonyl (C=O) groups is 1. The highest BCUT2D eigenvalue weighted by atomic mass is 19.1. The lowest BCUT2D eigenvalue weighted by Crippen LogP contribution is -2.38. The zero-order chi connectivity index (χ0) is 15.2. The Kier molecular flexibility index (Phi) is 5.00. The van der Waals surface area contributed by atoms with Crippen molar-refractivity contribution >= 4 is 5.97 Å². The summed E-state index contributed by atoms with van der Waals surface area (Å²) >= 11 is 0. The second kappa shape index (κ2) is 6.95. The van der Waals surface area contributed by atoms with Crippen LogP contribution in [0, 0.1) is 11.6 Å². The molecule has 0 aromatic heterocycles. The second-order valence-electron chi connectivity index (χ2n) is 4.70. The van der Waals surface area contributed by atoms with Crippen molar-refractivity contribution in [2.45, 2.75) is 19.0 Å². The Balaban J connectivity index is 2.02. The smallest absolute Gasteiger partial charge is 0.321 e. The molecule has 2 aromatic carbocycles. The minimum Gasteiger partial charge on any atom is -0.480 e. The topological polar surface area (TPSA) is 49.3 Å². The van der Waals surface area contributed by atoms with Gasteiger partial charge in [-0.2, -0.15) is 0 Å². The summed E-state index contributed by atoms with van der Waals surface area (Å²) in [6, 6.07) is 11.6. The first-order valence-electron chi connectivity index (χ1n) is 6.50. The van der Waals surface area contributed by atoms with E-state index in [2.05, 4.69) is 5.32 Å². The van der Waals surface area contributed by atoms with Gasteiger partial charge in [-0.3, -0.25) is 10.1 Å². The molecule has 0 unspecified atom stereocenters. The van der Waals surface area contributed by atoms with Crippen LogP contribution in [0.3, 0.4) is 0 Å². The molecule has 0 spiro atoms. The van der Waals surface area contributed by atoms with E-state index in [1.54, 1.807) is 0 Å². The Morgan fingerprint density at radius 2 is 1.86 bits per heavy atom. The molecule has 2 N–H and O–H groups in total. The molecule has 0 bridgehead atoms. The molecule has 2 aromatic rings. The molecule has 5 heteroatoms. The lowest BCUT2D eigenvalue weighted by Gasteiger charge is -2.15. The summed E-state index contributed by atoms with van der Waals surface area (Å²) in [7, 11) is 0. The Bertz CT molecular complexity index is 617. The Morgan fingerprint density at radius 1 is 1.14 bits per heavy atom. The zero-order valence-corrected chi connectivity index (χ0v) is 11.2. The summed E-state index contributed by atoms with van der Waals surface area (Å²) in [6.45, 7) is 0.0237. The number of aliphatic carboxylic acids is 1. The van der Waals surface area contributed by atoms with Gasteiger partial charge in [-0.05, 0) is 18.1 Å². The maximum atomic E-state index is 13.5. The van der Waals surface area contributed by atoms with E-state index in [1.807, 2.05) is 30.3 Å². The minimum atomic E-state index is -1.01. The summed E-state index contributed by atoms with van der Waals surface area (Å²) in [4.78, 5) is 11.2. The van der Waals surface area contributed by atoms with E-state index in [4.69, 9.17) is 0 Å². The Hall–Kier alpha value is -2.27. The third kappa shape index (κ3) is 4.36. The molecule has 0 aliphatic heterocycles. The molecule has 0 heterocycles. The molecular weight excluding hydrogens is 276 g/mol. The number of carboxylic acids is 1. The number of carboxylic acid groups (broad SMARTS) is 1. The van der Waals surface area contributed by atoms with Crippen molar-refractivity contribution in [3.8, 4) is 0 Å². The lowest BCUT2D eigenvalue weighted by atomic mass is 10.1. The van der Waals surface area contributed by atoms with Crippen molar-refractivity contribution in [3.05, 3.63) is 71.3 Å². The van der Waals surface area contributed by atoms with Crippen LogP contribution < -0.4 is 5.32 Å². The van der Waals surface area contributed by atoms with Crippen LogP contribution in [-0.4, -0.2) is 17.1 Å². The van der Waals surface area contributed by atoms with E-state index in [0.717, 1.165) is 17.7 Å². The van der Waals surface area contributed by atoms with Crippen molar-refractivity contribution in [2.24, 2.45) is 0 Å². The highest BCUT2D eigenvalue weighted by Gasteiger charge is 2.18. The van der Waals surface area contributed by atoms with Crippen LogP contribution in [0.4, 0.5) is 8.78 Å². The first kappa shape index (κ1) is 15.1. The van der Waals surface area contributed by atoms with Gasteiger partial charge < -0.3 is 5.11 Å². The fraction of sp³-hybridized carbons (Fsp3) is 0.188. The summed E-state index contributed by atoms with van der Waals surface area (Å²) in [5, 5.41) is 12.0. The van der Waals surface area contributed by atoms with Gasteiger partial charge in [0.1, 0.15) is 17.7 Å². The Morgan fingerprint density at radius 3 is 2.48 bits per heavy atom. The van der Waals surface area contributed by atoms with E-state index in [1.165, 1.54) is 6.07 Å². The third-order valence-corrected chi connectivity index (χ3v) is 3.13. The predicted octanol–water partition coefficient (Wildman–Crippen LogP) is 2.75. The zero-order valence-electron chi connectivity index (χ0n) is 11.2. The van der Waals surface area contributed by atoms with Gasteiger partial charge in [-0.1, -0.05) is 36.4 Å². The third-order valence-electron chi connectivity index (χ3n) is 3.13. The lowest BCUT2D eigenvalue weighted by molar-refractivity contribution is -0.139. The van der Waals surface area contributed by atoms with E-state index < -0.39 is 23.6 Å². The van der Waals surface area contributed by atoms with Gasteiger partial charge in [0.05, 0.1) is 0 Å². The van der Waals surface area contributed by atoms with Crippen molar-refractivity contribution in [1.29, 1.82) is 0 Å². The molecule has 0 saturated heterocycles. The Labute approximate surface area is 121 Å². The number of hydrogen-bond donors (Lipinski definition) is 2. The summed E-state index contributed by atoms with van der Waals surface area (Å²) in [6.07, 6.45) is 0.291. The largest absolute Gasteiger partial charge is 0.480 e. The fourth-order valence-electron chi connectivity index (χ4n) is 1.99. The van der Waals surface area contributed by atoms with Crippen molar-refractivity contribution < 1.29 is 18.7 Å². The number of rotatable bonds is 6. The van der Waals surface area contributed by atoms with Gasteiger partial charge in [0, 0.05) is 18.2 Å². The van der Waals surface area contributed by atoms with Crippen LogP contribution in [0.2, 0.25) is 0 Å². The summed E-state index contributed by atoms with van der Waals surface area (Å²) in [5.41, 5.74) is 1.10. The van der Waals surface area contributed by atoms with Crippen molar-refractivity contribution in [2.75, 3.05) is 0 Å².